The third-order valence-corrected chi connectivity index (χ3v) is 6.22. The molecule has 6 aromatic rings. The Morgan fingerprint density at radius 1 is 0.457 bits per heavy atom. The van der Waals surface area contributed by atoms with E-state index in [9.17, 15) is 0 Å². The van der Waals surface area contributed by atoms with Crippen LogP contribution in [0, 0.1) is 12.2 Å². The molecule has 0 nitrogen and oxygen atoms in total. The van der Waals surface area contributed by atoms with Crippen LogP contribution in [0.1, 0.15) is 12.8 Å². The SMILES string of the molecule is C[Si]C.C[Si]C.[C-]1=CC=CC1.[C-]1=CC=CC1.[Cl-].[Cl-].[Hf].[Hf].c1ccc2c(c1)[cH-]c1ccccc12.c1ccc2c(c1)[cH-]c1ccccc12. The molecule has 0 fully saturated rings. The fourth-order valence-corrected chi connectivity index (χ4v) is 4.49. The predicted octanol–water partition coefficient (Wildman–Crippen LogP) is 5.61. The summed E-state index contributed by atoms with van der Waals surface area (Å²) in [5.74, 6) is 0. The minimum absolute atomic E-state index is 0. The smallest absolute Gasteiger partial charge is 0.0307 e. The molecule has 6 heteroatoms. The third-order valence-electron chi connectivity index (χ3n) is 6.22. The van der Waals surface area contributed by atoms with Crippen molar-refractivity contribution in [2.45, 2.75) is 39.0 Å². The fourth-order valence-electron chi connectivity index (χ4n) is 4.49. The molecule has 0 bridgehead atoms. The molecule has 0 aliphatic heterocycles. The second kappa shape index (κ2) is 28.4. The van der Waals surface area contributed by atoms with Crippen LogP contribution in [0.4, 0.5) is 0 Å². The molecule has 0 atom stereocenters. The molecule has 0 N–H and O–H groups in total. The van der Waals surface area contributed by atoms with E-state index in [0.29, 0.717) is 0 Å². The van der Waals surface area contributed by atoms with Crippen molar-refractivity contribution in [1.82, 2.24) is 0 Å². The van der Waals surface area contributed by atoms with Crippen LogP contribution in [-0.4, -0.2) is 19.0 Å². The van der Waals surface area contributed by atoms with Crippen molar-refractivity contribution in [2.24, 2.45) is 0 Å². The molecule has 2 aliphatic carbocycles. The number of benzene rings is 4. The summed E-state index contributed by atoms with van der Waals surface area (Å²) >= 11 is 0. The zero-order valence-electron chi connectivity index (χ0n) is 27.0. The number of halogens is 2. The summed E-state index contributed by atoms with van der Waals surface area (Å²) in [6.07, 6.45) is 20.0. The summed E-state index contributed by atoms with van der Waals surface area (Å²) in [6.45, 7) is 8.61. The van der Waals surface area contributed by atoms with Crippen molar-refractivity contribution >= 4 is 62.1 Å². The van der Waals surface area contributed by atoms with E-state index < -0.39 is 0 Å². The van der Waals surface area contributed by atoms with Crippen molar-refractivity contribution in [3.05, 3.63) is 158 Å². The van der Waals surface area contributed by atoms with Crippen LogP contribution in [0.5, 0.6) is 0 Å². The first-order valence-corrected chi connectivity index (χ1v) is 18.4. The van der Waals surface area contributed by atoms with Gasteiger partial charge in [-0.15, -0.1) is 92.3 Å². The maximum Gasteiger partial charge on any atom is 0.0307 e. The van der Waals surface area contributed by atoms with E-state index in [4.69, 9.17) is 0 Å². The molecule has 0 spiro atoms. The monoisotopic (exact) mass is 1010 g/mol. The summed E-state index contributed by atoms with van der Waals surface area (Å²) in [5.41, 5.74) is 0. The molecule has 0 saturated heterocycles. The second-order valence-corrected chi connectivity index (χ2v) is 11.6. The number of rotatable bonds is 0. The molecule has 0 saturated carbocycles. The Bertz CT molecular complexity index is 1500. The van der Waals surface area contributed by atoms with Gasteiger partial charge in [-0.3, -0.25) is 12.2 Å². The Morgan fingerprint density at radius 3 is 0.870 bits per heavy atom. The number of hydrogen-bond donors (Lipinski definition) is 0. The Labute approximate surface area is 332 Å². The van der Waals surface area contributed by atoms with Gasteiger partial charge in [0.05, 0.1) is 0 Å². The van der Waals surface area contributed by atoms with Gasteiger partial charge in [-0.05, 0) is 0 Å². The summed E-state index contributed by atoms with van der Waals surface area (Å²) < 4.78 is 0. The maximum atomic E-state index is 2.99. The Morgan fingerprint density at radius 2 is 0.696 bits per heavy atom. The average molecular weight is 1000 g/mol. The van der Waals surface area contributed by atoms with E-state index in [2.05, 4.69) is 160 Å². The van der Waals surface area contributed by atoms with Crippen molar-refractivity contribution in [3.63, 3.8) is 0 Å². The molecule has 8 rings (SSSR count). The predicted molar refractivity (Wildman–Crippen MR) is 192 cm³/mol. The van der Waals surface area contributed by atoms with Gasteiger partial charge in [-0.25, -0.2) is 24.3 Å². The van der Waals surface area contributed by atoms with E-state index in [-0.39, 0.29) is 76.5 Å². The van der Waals surface area contributed by atoms with E-state index in [0.717, 1.165) is 31.9 Å². The van der Waals surface area contributed by atoms with Gasteiger partial charge in [0.2, 0.25) is 0 Å². The summed E-state index contributed by atoms with van der Waals surface area (Å²) in [7, 11) is 2.17. The molecule has 0 amide bonds. The van der Waals surface area contributed by atoms with Crippen LogP contribution < -0.4 is 24.8 Å². The summed E-state index contributed by atoms with van der Waals surface area (Å²) in [6, 6.07) is 38.5. The fraction of sp³-hybridized carbons (Fsp3) is 0.150. The van der Waals surface area contributed by atoms with Gasteiger partial charge in [-0.1, -0.05) is 99.0 Å². The van der Waals surface area contributed by atoms with Gasteiger partial charge < -0.3 is 24.8 Å². The third kappa shape index (κ3) is 15.5. The Kier molecular flexibility index (Phi) is 28.6. The zero-order valence-corrected chi connectivity index (χ0v) is 37.7. The van der Waals surface area contributed by atoms with Crippen molar-refractivity contribution in [1.29, 1.82) is 0 Å². The van der Waals surface area contributed by atoms with Gasteiger partial charge in [0.25, 0.3) is 0 Å². The van der Waals surface area contributed by atoms with E-state index >= 15 is 0 Å². The van der Waals surface area contributed by atoms with Gasteiger partial charge in [-0.2, -0.15) is 12.2 Å². The van der Waals surface area contributed by atoms with Crippen LogP contribution in [0.3, 0.4) is 0 Å². The number of fused-ring (bicyclic) bond motifs is 6. The summed E-state index contributed by atoms with van der Waals surface area (Å²) in [5, 5.41) is 10.8. The molecule has 236 valence electrons. The second-order valence-electron chi connectivity index (χ2n) is 9.64. The molecule has 4 radical (unpaired) electrons. The van der Waals surface area contributed by atoms with E-state index in [1.54, 1.807) is 0 Å². The normalized spacial score (nSPS) is 10.9. The Balaban J connectivity index is 0. The Hall–Kier alpha value is -1.67. The quantitative estimate of drug-likeness (QED) is 0.137. The van der Waals surface area contributed by atoms with Gasteiger partial charge >= 0.3 is 0 Å². The van der Waals surface area contributed by atoms with Crippen LogP contribution in [0.2, 0.25) is 26.2 Å². The number of hydrogen-bond acceptors (Lipinski definition) is 0. The summed E-state index contributed by atoms with van der Waals surface area (Å²) in [4.78, 5) is 0. The van der Waals surface area contributed by atoms with Gasteiger partial charge in [0.1, 0.15) is 0 Å². The van der Waals surface area contributed by atoms with Crippen LogP contribution in [0.15, 0.2) is 146 Å². The van der Waals surface area contributed by atoms with E-state index in [1.807, 2.05) is 24.3 Å². The van der Waals surface area contributed by atoms with Crippen molar-refractivity contribution < 1.29 is 76.5 Å². The van der Waals surface area contributed by atoms with Gasteiger partial charge in [0.15, 0.2) is 0 Å². The topological polar surface area (TPSA) is 0 Å². The largest absolute Gasteiger partial charge is 1.00 e. The van der Waals surface area contributed by atoms with Crippen molar-refractivity contribution in [2.75, 3.05) is 0 Å². The van der Waals surface area contributed by atoms with Crippen molar-refractivity contribution in [3.8, 4) is 0 Å². The molecule has 0 unspecified atom stereocenters. The van der Waals surface area contributed by atoms with Crippen LogP contribution in [0.25, 0.3) is 43.1 Å². The first-order valence-electron chi connectivity index (χ1n) is 14.4. The molecule has 6 aromatic carbocycles. The standard InChI is InChI=1S/2C13H9.2C5H5.2C2H6Si.2ClH.2Hf/c2*1-3-7-12-10(5-1)9-11-6-2-4-8-13(11)12;2*1-2-4-5-3-1;2*1-3-2;;;;/h2*1-9H;2*1-3H,4H2;2*1-2H3;2*1H;;/q4*-1;;;;;;/p-2. The molecule has 46 heavy (non-hydrogen) atoms. The van der Waals surface area contributed by atoms with Crippen LogP contribution >= 0.6 is 0 Å². The van der Waals surface area contributed by atoms with Gasteiger partial charge in [0, 0.05) is 70.7 Å². The molecule has 0 aromatic heterocycles. The molecule has 0 heterocycles. The molecular weight excluding hydrogens is 964 g/mol. The maximum absolute atomic E-state index is 2.99. The average Bonchev–Trinajstić information content (AvgIpc) is 3.86. The first kappa shape index (κ1) is 46.5. The minimum atomic E-state index is 0. The zero-order chi connectivity index (χ0) is 29.8. The minimum Gasteiger partial charge on any atom is -1.00 e. The van der Waals surface area contributed by atoms with E-state index in [1.165, 1.54) is 43.1 Å². The number of allylic oxidation sites excluding steroid dienone is 8. The molecular formula is C40H40Cl2Hf2Si2-6. The first-order chi connectivity index (χ1) is 20.7. The van der Waals surface area contributed by atoms with Crippen LogP contribution in [-0.2, 0) is 51.7 Å². The molecule has 2 aliphatic rings.